The molecule has 0 radical (unpaired) electrons. The molecule has 0 fully saturated rings. The van der Waals surface area contributed by atoms with Crippen molar-refractivity contribution in [3.8, 4) is 57.3 Å². The van der Waals surface area contributed by atoms with Crippen LogP contribution in [0.5, 0.6) is 34.5 Å². The molecule has 26 nitrogen and oxygen atoms in total. The molecule has 0 saturated carbocycles. The topological polar surface area (TPSA) is 350 Å². The first-order chi connectivity index (χ1) is 50.6. The maximum atomic E-state index is 12.1. The largest absolute Gasteiger partial charge is 0.507 e. The van der Waals surface area contributed by atoms with Gasteiger partial charge in [-0.25, -0.2) is 0 Å². The quantitative estimate of drug-likeness (QED) is 0.0248. The third-order valence-electron chi connectivity index (χ3n) is 17.0. The van der Waals surface area contributed by atoms with Crippen LogP contribution in [0.2, 0.25) is 0 Å². The lowest BCUT2D eigenvalue weighted by atomic mass is 9.91. The van der Waals surface area contributed by atoms with Gasteiger partial charge in [-0.1, -0.05) is 97.1 Å². The number of ether oxygens (including phenoxy) is 4. The lowest BCUT2D eigenvalue weighted by Gasteiger charge is -2.20. The predicted molar refractivity (Wildman–Crippen MR) is 387 cm³/mol. The van der Waals surface area contributed by atoms with E-state index in [0.717, 1.165) is 68.8 Å². The van der Waals surface area contributed by atoms with Gasteiger partial charge in [0, 0.05) is 84.9 Å². The number of hydrazone groups is 2. The summed E-state index contributed by atoms with van der Waals surface area (Å²) in [6.45, 7) is 0.822. The number of hydrogen-bond donors (Lipinski definition) is 4. The third-order valence-corrected chi connectivity index (χ3v) is 17.0. The summed E-state index contributed by atoms with van der Waals surface area (Å²) in [5, 5.41) is 77.5. The van der Waals surface area contributed by atoms with E-state index in [-0.39, 0.29) is 49.3 Å². The molecule has 0 amide bonds. The summed E-state index contributed by atoms with van der Waals surface area (Å²) in [5.74, 6) is 2.77. The molecular weight excluding hydrogens is 1330 g/mol. The van der Waals surface area contributed by atoms with Gasteiger partial charge in [0.2, 0.25) is 0 Å². The molecule has 1 aliphatic rings. The molecule has 0 unspecified atom stereocenters. The number of rotatable bonds is 24. The van der Waals surface area contributed by atoms with Gasteiger partial charge in [-0.3, -0.25) is 71.2 Å². The minimum atomic E-state index is -0.721. The van der Waals surface area contributed by atoms with Gasteiger partial charge in [-0.05, 0) is 141 Å². The van der Waals surface area contributed by atoms with Crippen LogP contribution >= 0.6 is 0 Å². The minimum Gasteiger partial charge on any atom is -0.507 e. The third kappa shape index (κ3) is 16.5. The molecular formula is C78H60N12O14. The van der Waals surface area contributed by atoms with Crippen LogP contribution in [-0.2, 0) is 52.1 Å². The highest BCUT2D eigenvalue weighted by atomic mass is 16.6. The smallest absolute Gasteiger partial charge is 0.301 e. The van der Waals surface area contributed by atoms with Crippen molar-refractivity contribution in [3.05, 3.63) is 349 Å². The second-order valence-corrected chi connectivity index (χ2v) is 24.0. The fraction of sp³-hybridized carbons (Fsp3) is 0.103. The number of benzene rings is 8. The Balaban J connectivity index is 0.628. The van der Waals surface area contributed by atoms with Crippen LogP contribution in [-0.4, -0.2) is 62.3 Å². The van der Waals surface area contributed by atoms with E-state index in [9.17, 15) is 50.7 Å². The Morgan fingerprint density at radius 3 is 0.942 bits per heavy atom. The molecule has 12 aromatic rings. The van der Waals surface area contributed by atoms with E-state index in [0.29, 0.717) is 105 Å². The van der Waals surface area contributed by atoms with E-state index in [1.807, 2.05) is 121 Å². The summed E-state index contributed by atoms with van der Waals surface area (Å²) >= 11 is 0. The Morgan fingerprint density at radius 1 is 0.365 bits per heavy atom. The van der Waals surface area contributed by atoms with Gasteiger partial charge in [0.25, 0.3) is 11.4 Å². The van der Waals surface area contributed by atoms with E-state index >= 15 is 0 Å². The Bertz CT molecular complexity index is 4830. The van der Waals surface area contributed by atoms with E-state index in [1.165, 1.54) is 24.6 Å². The molecule has 26 heteroatoms. The first kappa shape index (κ1) is 68.2. The van der Waals surface area contributed by atoms with Crippen molar-refractivity contribution < 1.29 is 48.9 Å². The van der Waals surface area contributed by atoms with Gasteiger partial charge in [-0.2, -0.15) is 10.2 Å². The van der Waals surface area contributed by atoms with Crippen molar-refractivity contribution in [2.75, 3.05) is 10.9 Å². The highest BCUT2D eigenvalue weighted by Gasteiger charge is 2.24. The van der Waals surface area contributed by atoms with Crippen molar-refractivity contribution >= 4 is 46.6 Å². The first-order valence-electron chi connectivity index (χ1n) is 32.4. The van der Waals surface area contributed by atoms with Gasteiger partial charge in [0.15, 0.2) is 0 Å². The number of phenolic OH excluding ortho intramolecular Hbond substituents is 2. The predicted octanol–water partition coefficient (Wildman–Crippen LogP) is 15.5. The lowest BCUT2D eigenvalue weighted by molar-refractivity contribution is -0.393. The van der Waals surface area contributed by atoms with Gasteiger partial charge in [0.1, 0.15) is 72.3 Å². The van der Waals surface area contributed by atoms with Crippen molar-refractivity contribution in [1.29, 1.82) is 0 Å². The van der Waals surface area contributed by atoms with Crippen molar-refractivity contribution in [3.63, 3.8) is 0 Å². The molecule has 0 saturated heterocycles. The van der Waals surface area contributed by atoms with E-state index < -0.39 is 42.4 Å². The average molecular weight is 1390 g/mol. The Kier molecular flexibility index (Phi) is 20.5. The molecule has 0 spiro atoms. The van der Waals surface area contributed by atoms with Gasteiger partial charge in [-0.15, -0.1) is 0 Å². The molecule has 104 heavy (non-hydrogen) atoms. The highest BCUT2D eigenvalue weighted by molar-refractivity contribution is 5.82. The number of pyridine rings is 4. The highest BCUT2D eigenvalue weighted by Crippen LogP contribution is 2.40. The fourth-order valence-electron chi connectivity index (χ4n) is 11.6. The number of fused-ring (bicyclic) bond motifs is 8. The standard InChI is InChI=1S/C78H60N12O14/c91-75-55-5-1-6-56(75)34-60-10-4-12-62(78(60)104-48-54-20-30-70(82-42-54)68-28-18-52(40-80-68)46-102-66-25-15-50(16-26-66)44-84-86-72-32-22-64(88(95)96)38-74(72)90(99)100)36-58-8-2-7-57(76(58)92)35-61-11-3-9-59(33-55)77(61)103-47-53-19-29-69(81-41-53)67-27-17-51(39-79-67)45-101-65-23-13-49(14-24-65)43-83-85-71-31-21-63(87(93)94)37-73(71)89(97)98/h1-32,37-44,85-86,91-92H,33-36,45-48H2/b83-43+,84-44+. The second-order valence-electron chi connectivity index (χ2n) is 24.0. The summed E-state index contributed by atoms with van der Waals surface area (Å²) in [7, 11) is 0. The second kappa shape index (κ2) is 31.3. The summed E-state index contributed by atoms with van der Waals surface area (Å²) in [5.41, 5.74) is 16.8. The Morgan fingerprint density at radius 2 is 0.663 bits per heavy atom. The zero-order valence-electron chi connectivity index (χ0n) is 55.0. The van der Waals surface area contributed by atoms with E-state index in [1.54, 1.807) is 73.3 Å². The zero-order valence-corrected chi connectivity index (χ0v) is 55.0. The Labute approximate surface area is 592 Å². The van der Waals surface area contributed by atoms with Crippen LogP contribution in [0.15, 0.2) is 241 Å². The van der Waals surface area contributed by atoms with E-state index in [4.69, 9.17) is 28.9 Å². The van der Waals surface area contributed by atoms with Crippen LogP contribution < -0.4 is 29.8 Å². The van der Waals surface area contributed by atoms with Crippen molar-refractivity contribution in [2.24, 2.45) is 10.2 Å². The molecule has 1 aliphatic carbocycles. The summed E-state index contributed by atoms with van der Waals surface area (Å²) < 4.78 is 25.6. The van der Waals surface area contributed by atoms with E-state index in [2.05, 4.69) is 31.0 Å². The maximum absolute atomic E-state index is 12.1. The number of non-ortho nitro benzene ring substituents is 2. The van der Waals surface area contributed by atoms with Gasteiger partial charge in [0.05, 0.1) is 67.0 Å². The fourth-order valence-corrected chi connectivity index (χ4v) is 11.6. The van der Waals surface area contributed by atoms with Crippen LogP contribution in [0.1, 0.15) is 77.9 Å². The molecule has 8 bridgehead atoms. The summed E-state index contributed by atoms with van der Waals surface area (Å²) in [6, 6.07) is 59.2. The molecule has 8 aromatic carbocycles. The molecule has 0 aliphatic heterocycles. The maximum Gasteiger partial charge on any atom is 0.301 e. The number of nitrogens with zero attached hydrogens (tertiary/aromatic N) is 10. The minimum absolute atomic E-state index is 0.00374. The van der Waals surface area contributed by atoms with Crippen LogP contribution in [0.3, 0.4) is 0 Å². The Hall–Kier alpha value is -14.3. The van der Waals surface area contributed by atoms with Gasteiger partial charge >= 0.3 is 11.4 Å². The molecule has 516 valence electrons. The normalized spacial score (nSPS) is 11.8. The number of aromatic nitrogens is 4. The average Bonchev–Trinajstić information content (AvgIpc) is 0.780. The monoisotopic (exact) mass is 1390 g/mol. The number of nitro benzene ring substituents is 4. The number of hydrogen-bond acceptors (Lipinski definition) is 22. The molecule has 4 heterocycles. The number of phenols is 2. The van der Waals surface area contributed by atoms with Crippen molar-refractivity contribution in [1.82, 2.24) is 19.9 Å². The molecule has 4 aromatic heterocycles. The van der Waals surface area contributed by atoms with Gasteiger partial charge < -0.3 is 29.2 Å². The lowest BCUT2D eigenvalue weighted by Crippen LogP contribution is -2.06. The number of para-hydroxylation sites is 4. The first-order valence-corrected chi connectivity index (χ1v) is 32.4. The van der Waals surface area contributed by atoms with Crippen LogP contribution in [0, 0.1) is 40.5 Å². The zero-order chi connectivity index (χ0) is 72.1. The SMILES string of the molecule is O=[N+]([O-])c1ccc(N/N=C/c2ccc(OCc3ccc(-c4ccc(COc5c6cccc5Cc5cccc(c5O)Cc5cccc(c5OCc5ccc(-c7ccc(COc8ccc(/C=N/Nc9ccc([N+](=O)[O-])cc9[N+](=O)[O-])cc8)cn7)nc5)Cc5cccc(c5O)C6)cn4)nc3)cc2)c([N+](=O)[O-])c1. The van der Waals surface area contributed by atoms with Crippen LogP contribution in [0.25, 0.3) is 22.8 Å². The molecule has 4 N–H and O–H groups in total. The summed E-state index contributed by atoms with van der Waals surface area (Å²) in [6.07, 6.45) is 11.2. The van der Waals surface area contributed by atoms with Crippen LogP contribution in [0.4, 0.5) is 34.1 Å². The number of nitrogens with one attached hydrogen (secondary N) is 2. The number of aromatic hydroxyl groups is 2. The molecule has 13 rings (SSSR count). The molecule has 0 atom stereocenters. The number of anilines is 2. The van der Waals surface area contributed by atoms with Crippen molar-refractivity contribution in [2.45, 2.75) is 52.1 Å². The number of nitro groups is 4. The summed E-state index contributed by atoms with van der Waals surface area (Å²) in [4.78, 5) is 61.1.